The summed E-state index contributed by atoms with van der Waals surface area (Å²) in [4.78, 5) is 0. The molecule has 0 radical (unpaired) electrons. The molecule has 0 spiro atoms. The molecule has 0 aliphatic rings. The first-order valence-corrected chi connectivity index (χ1v) is 5.29. The van der Waals surface area contributed by atoms with Crippen molar-refractivity contribution in [1.29, 1.82) is 0 Å². The maximum atomic E-state index is 6.10. The van der Waals surface area contributed by atoms with E-state index in [1.165, 1.54) is 0 Å². The van der Waals surface area contributed by atoms with Crippen LogP contribution in [0.3, 0.4) is 0 Å². The first-order valence-electron chi connectivity index (χ1n) is 4.53. The van der Waals surface area contributed by atoms with Crippen molar-refractivity contribution in [3.05, 3.63) is 33.8 Å². The highest BCUT2D eigenvalue weighted by Gasteiger charge is 2.25. The molecule has 1 atom stereocenters. The molecule has 0 heterocycles. The highest BCUT2D eigenvalue weighted by molar-refractivity contribution is 6.36. The Balaban J connectivity index is 3.19. The van der Waals surface area contributed by atoms with E-state index in [1.807, 2.05) is 18.2 Å². The molecular weight excluding hydrogens is 217 g/mol. The van der Waals surface area contributed by atoms with Gasteiger partial charge in [0.1, 0.15) is 0 Å². The number of halogens is 2. The van der Waals surface area contributed by atoms with Gasteiger partial charge in [-0.2, -0.15) is 0 Å². The van der Waals surface area contributed by atoms with Gasteiger partial charge in [0.05, 0.1) is 0 Å². The van der Waals surface area contributed by atoms with Gasteiger partial charge >= 0.3 is 0 Å². The highest BCUT2D eigenvalue weighted by atomic mass is 35.5. The smallest absolute Gasteiger partial charge is 0.0468 e. The van der Waals surface area contributed by atoms with Crippen LogP contribution in [0.15, 0.2) is 18.2 Å². The topological polar surface area (TPSA) is 26.0 Å². The molecule has 0 fully saturated rings. The van der Waals surface area contributed by atoms with Crippen LogP contribution in [0, 0.1) is 5.41 Å². The molecule has 78 valence electrons. The standard InChI is InChI=1S/C11H15Cl2N/c1-11(2,3)10(14)9-7(12)5-4-6-8(9)13/h4-6,10H,14H2,1-3H3/t10-/m0/s1. The van der Waals surface area contributed by atoms with Gasteiger partial charge in [0.25, 0.3) is 0 Å². The van der Waals surface area contributed by atoms with Gasteiger partial charge in [-0.1, -0.05) is 50.0 Å². The quantitative estimate of drug-likeness (QED) is 0.776. The Hall–Kier alpha value is -0.240. The van der Waals surface area contributed by atoms with Crippen molar-refractivity contribution in [2.45, 2.75) is 26.8 Å². The normalized spacial score (nSPS) is 14.1. The average molecular weight is 232 g/mol. The van der Waals surface area contributed by atoms with Gasteiger partial charge < -0.3 is 5.73 Å². The van der Waals surface area contributed by atoms with Crippen molar-refractivity contribution < 1.29 is 0 Å². The Morgan fingerprint density at radius 1 is 1.14 bits per heavy atom. The summed E-state index contributed by atoms with van der Waals surface area (Å²) in [5, 5.41) is 1.28. The van der Waals surface area contributed by atoms with E-state index in [1.54, 1.807) is 0 Å². The summed E-state index contributed by atoms with van der Waals surface area (Å²) in [5.74, 6) is 0. The fourth-order valence-electron chi connectivity index (χ4n) is 1.24. The minimum absolute atomic E-state index is 0.0470. The summed E-state index contributed by atoms with van der Waals surface area (Å²) in [6.07, 6.45) is 0. The van der Waals surface area contributed by atoms with Crippen LogP contribution >= 0.6 is 23.2 Å². The van der Waals surface area contributed by atoms with Crippen LogP contribution in [0.1, 0.15) is 32.4 Å². The van der Waals surface area contributed by atoms with Crippen molar-refractivity contribution in [3.63, 3.8) is 0 Å². The maximum Gasteiger partial charge on any atom is 0.0468 e. The Bertz CT molecular complexity index is 308. The number of hydrogen-bond donors (Lipinski definition) is 1. The van der Waals surface area contributed by atoms with E-state index in [0.29, 0.717) is 10.0 Å². The van der Waals surface area contributed by atoms with Crippen molar-refractivity contribution in [2.24, 2.45) is 11.1 Å². The largest absolute Gasteiger partial charge is 0.323 e. The second kappa shape index (κ2) is 4.09. The van der Waals surface area contributed by atoms with Gasteiger partial charge in [-0.05, 0) is 17.5 Å². The third kappa shape index (κ3) is 2.41. The fraction of sp³-hybridized carbons (Fsp3) is 0.455. The van der Waals surface area contributed by atoms with E-state index >= 15 is 0 Å². The lowest BCUT2D eigenvalue weighted by molar-refractivity contribution is 0.327. The van der Waals surface area contributed by atoms with Crippen LogP contribution in [0.5, 0.6) is 0 Å². The van der Waals surface area contributed by atoms with Crippen molar-refractivity contribution in [2.75, 3.05) is 0 Å². The minimum atomic E-state index is -0.149. The second-order valence-corrected chi connectivity index (χ2v) is 5.29. The lowest BCUT2D eigenvalue weighted by Gasteiger charge is -2.28. The second-order valence-electron chi connectivity index (χ2n) is 4.48. The summed E-state index contributed by atoms with van der Waals surface area (Å²) >= 11 is 12.1. The molecule has 0 bridgehead atoms. The SMILES string of the molecule is CC(C)(C)[C@@H](N)c1c(Cl)cccc1Cl. The van der Waals surface area contributed by atoms with Gasteiger partial charge in [-0.3, -0.25) is 0 Å². The number of hydrogen-bond acceptors (Lipinski definition) is 1. The minimum Gasteiger partial charge on any atom is -0.323 e. The Kier molecular flexibility index (Phi) is 3.46. The van der Waals surface area contributed by atoms with Crippen molar-refractivity contribution in [3.8, 4) is 0 Å². The van der Waals surface area contributed by atoms with E-state index in [0.717, 1.165) is 5.56 Å². The van der Waals surface area contributed by atoms with E-state index in [-0.39, 0.29) is 11.5 Å². The number of benzene rings is 1. The van der Waals surface area contributed by atoms with Crippen LogP contribution < -0.4 is 5.73 Å². The Morgan fingerprint density at radius 2 is 1.57 bits per heavy atom. The molecule has 0 aliphatic heterocycles. The average Bonchev–Trinajstić information content (AvgIpc) is 2.01. The molecule has 0 amide bonds. The number of nitrogens with two attached hydrogens (primary N) is 1. The van der Waals surface area contributed by atoms with Gasteiger partial charge in [0.15, 0.2) is 0 Å². The Labute approximate surface area is 95.2 Å². The van der Waals surface area contributed by atoms with Crippen LogP contribution in [0.2, 0.25) is 10.0 Å². The molecule has 1 rings (SSSR count). The molecule has 0 saturated carbocycles. The first kappa shape index (κ1) is 11.8. The molecule has 2 N–H and O–H groups in total. The van der Waals surface area contributed by atoms with Crippen LogP contribution in [0.4, 0.5) is 0 Å². The zero-order chi connectivity index (χ0) is 10.9. The molecule has 3 heteroatoms. The molecule has 0 aromatic heterocycles. The maximum absolute atomic E-state index is 6.10. The van der Waals surface area contributed by atoms with Crippen LogP contribution in [-0.2, 0) is 0 Å². The lowest BCUT2D eigenvalue weighted by atomic mass is 9.83. The molecule has 1 nitrogen and oxygen atoms in total. The third-order valence-corrected chi connectivity index (χ3v) is 2.90. The zero-order valence-corrected chi connectivity index (χ0v) is 10.2. The van der Waals surface area contributed by atoms with E-state index in [4.69, 9.17) is 28.9 Å². The zero-order valence-electron chi connectivity index (χ0n) is 8.64. The van der Waals surface area contributed by atoms with Crippen molar-refractivity contribution >= 4 is 23.2 Å². The first-order chi connectivity index (χ1) is 6.34. The van der Waals surface area contributed by atoms with Crippen LogP contribution in [-0.4, -0.2) is 0 Å². The van der Waals surface area contributed by atoms with Gasteiger partial charge in [0.2, 0.25) is 0 Å². The highest BCUT2D eigenvalue weighted by Crippen LogP contribution is 2.38. The van der Waals surface area contributed by atoms with E-state index < -0.39 is 0 Å². The summed E-state index contributed by atoms with van der Waals surface area (Å²) < 4.78 is 0. The lowest BCUT2D eigenvalue weighted by Crippen LogP contribution is -2.26. The summed E-state index contributed by atoms with van der Waals surface area (Å²) in [6, 6.07) is 5.30. The number of rotatable bonds is 1. The molecule has 0 aliphatic carbocycles. The summed E-state index contributed by atoms with van der Waals surface area (Å²) in [5.41, 5.74) is 6.89. The van der Waals surface area contributed by atoms with Crippen LogP contribution in [0.25, 0.3) is 0 Å². The van der Waals surface area contributed by atoms with Gasteiger partial charge in [0, 0.05) is 21.7 Å². The fourth-order valence-corrected chi connectivity index (χ4v) is 1.87. The van der Waals surface area contributed by atoms with E-state index in [9.17, 15) is 0 Å². The predicted octanol–water partition coefficient (Wildman–Crippen LogP) is 4.04. The molecule has 0 saturated heterocycles. The van der Waals surface area contributed by atoms with Gasteiger partial charge in [-0.15, -0.1) is 0 Å². The summed E-state index contributed by atoms with van der Waals surface area (Å²) in [6.45, 7) is 6.20. The van der Waals surface area contributed by atoms with Gasteiger partial charge in [-0.25, -0.2) is 0 Å². The molecule has 1 aromatic carbocycles. The predicted molar refractivity (Wildman–Crippen MR) is 62.8 cm³/mol. The van der Waals surface area contributed by atoms with Crippen molar-refractivity contribution in [1.82, 2.24) is 0 Å². The third-order valence-electron chi connectivity index (χ3n) is 2.24. The molecule has 0 unspecified atom stereocenters. The molecule has 14 heavy (non-hydrogen) atoms. The monoisotopic (exact) mass is 231 g/mol. The Morgan fingerprint density at radius 3 is 1.93 bits per heavy atom. The molecular formula is C11H15Cl2N. The summed E-state index contributed by atoms with van der Waals surface area (Å²) in [7, 11) is 0. The molecule has 1 aromatic rings. The van der Waals surface area contributed by atoms with E-state index in [2.05, 4.69) is 20.8 Å².